The van der Waals surface area contributed by atoms with Crippen LogP contribution in [0.1, 0.15) is 22.5 Å². The van der Waals surface area contributed by atoms with Gasteiger partial charge in [0.2, 0.25) is 0 Å². The number of aromatic nitrogens is 2. The lowest BCUT2D eigenvalue weighted by atomic mass is 10.1. The average molecular weight is 314 g/mol. The van der Waals surface area contributed by atoms with E-state index in [9.17, 15) is 0 Å². The lowest BCUT2D eigenvalue weighted by Crippen LogP contribution is -2.09. The maximum absolute atomic E-state index is 9.07. The number of nitriles is 1. The summed E-state index contributed by atoms with van der Waals surface area (Å²) in [5, 5.41) is 13.3. The lowest BCUT2D eigenvalue weighted by Gasteiger charge is -2.06. The van der Waals surface area contributed by atoms with Gasteiger partial charge >= 0.3 is 0 Å². The summed E-state index contributed by atoms with van der Waals surface area (Å²) in [4.78, 5) is 14.1. The Bertz CT molecular complexity index is 871. The topological polar surface area (TPSA) is 71.2 Å². The summed E-state index contributed by atoms with van der Waals surface area (Å²) in [5.74, 6) is 0. The summed E-state index contributed by atoms with van der Waals surface area (Å²) in [6.07, 6.45) is 3.25. The fraction of sp³-hybridized carbons (Fsp3) is 0.0526. The molecule has 0 saturated heterocycles. The van der Waals surface area contributed by atoms with Gasteiger partial charge in [-0.1, -0.05) is 41.6 Å². The number of rotatable bonds is 5. The first-order valence-corrected chi connectivity index (χ1v) is 7.38. The van der Waals surface area contributed by atoms with Crippen LogP contribution in [-0.4, -0.2) is 15.7 Å². The smallest absolute Gasteiger partial charge is 0.154 e. The van der Waals surface area contributed by atoms with Crippen molar-refractivity contribution in [2.45, 2.75) is 6.61 Å². The molecule has 1 aromatic carbocycles. The Labute approximate surface area is 139 Å². The first-order chi connectivity index (χ1) is 11.9. The van der Waals surface area contributed by atoms with Crippen molar-refractivity contribution in [2.75, 3.05) is 0 Å². The van der Waals surface area contributed by atoms with Crippen LogP contribution in [0.2, 0.25) is 0 Å². The van der Waals surface area contributed by atoms with Crippen molar-refractivity contribution in [3.8, 4) is 6.07 Å². The quantitative estimate of drug-likeness (QED) is 0.535. The monoisotopic (exact) mass is 314 g/mol. The molecule has 24 heavy (non-hydrogen) atoms. The van der Waals surface area contributed by atoms with Crippen LogP contribution in [0, 0.1) is 11.3 Å². The Kier molecular flexibility index (Phi) is 4.91. The van der Waals surface area contributed by atoms with E-state index in [-0.39, 0.29) is 0 Å². The highest BCUT2D eigenvalue weighted by Crippen LogP contribution is 2.10. The minimum atomic E-state index is 0.342. The maximum atomic E-state index is 9.07. The molecule has 0 bridgehead atoms. The molecule has 116 valence electrons. The van der Waals surface area contributed by atoms with Gasteiger partial charge in [0.25, 0.3) is 0 Å². The van der Waals surface area contributed by atoms with Gasteiger partial charge in [-0.15, -0.1) is 0 Å². The number of nitrogens with zero attached hydrogens (tertiary/aromatic N) is 4. The molecule has 0 N–H and O–H groups in total. The van der Waals surface area contributed by atoms with E-state index in [0.717, 1.165) is 5.56 Å². The molecule has 0 aliphatic carbocycles. The van der Waals surface area contributed by atoms with E-state index < -0.39 is 0 Å². The zero-order chi connectivity index (χ0) is 16.6. The van der Waals surface area contributed by atoms with Crippen LogP contribution in [0.4, 0.5) is 0 Å². The maximum Gasteiger partial charge on any atom is 0.154 e. The molecule has 0 aliphatic heterocycles. The van der Waals surface area contributed by atoms with Gasteiger partial charge in [0.05, 0.1) is 23.0 Å². The van der Waals surface area contributed by atoms with Crippen molar-refractivity contribution in [1.29, 1.82) is 5.26 Å². The third-order valence-electron chi connectivity index (χ3n) is 3.27. The molecule has 0 spiro atoms. The summed E-state index contributed by atoms with van der Waals surface area (Å²) in [5.41, 5.74) is 3.18. The normalized spacial score (nSPS) is 10.9. The third kappa shape index (κ3) is 3.81. The van der Waals surface area contributed by atoms with Crippen molar-refractivity contribution in [3.05, 3.63) is 95.6 Å². The van der Waals surface area contributed by atoms with Gasteiger partial charge < -0.3 is 4.84 Å². The highest BCUT2D eigenvalue weighted by Gasteiger charge is 2.11. The molecule has 2 aromatic heterocycles. The predicted molar refractivity (Wildman–Crippen MR) is 90.1 cm³/mol. The lowest BCUT2D eigenvalue weighted by molar-refractivity contribution is 0.131. The van der Waals surface area contributed by atoms with Crippen LogP contribution in [0.5, 0.6) is 0 Å². The largest absolute Gasteiger partial charge is 0.390 e. The standard InChI is InChI=1S/C19H14N4O/c20-13-16-9-11-22-18(12-16)19(17-8-4-5-10-21-17)23-24-14-15-6-2-1-3-7-15/h1-12H,14H2. The second-order valence-corrected chi connectivity index (χ2v) is 4.96. The first-order valence-electron chi connectivity index (χ1n) is 7.38. The highest BCUT2D eigenvalue weighted by atomic mass is 16.6. The number of hydrogen-bond acceptors (Lipinski definition) is 5. The average Bonchev–Trinajstić information content (AvgIpc) is 2.67. The van der Waals surface area contributed by atoms with E-state index in [1.807, 2.05) is 48.5 Å². The molecule has 0 radical (unpaired) electrons. The summed E-state index contributed by atoms with van der Waals surface area (Å²) in [6, 6.07) is 20.7. The molecule has 0 unspecified atom stereocenters. The molecule has 5 heteroatoms. The SMILES string of the molecule is N#Cc1ccnc(C(=NOCc2ccccc2)c2ccccn2)c1. The summed E-state index contributed by atoms with van der Waals surface area (Å²) < 4.78 is 0. The van der Waals surface area contributed by atoms with Gasteiger partial charge in [-0.3, -0.25) is 9.97 Å². The minimum absolute atomic E-state index is 0.342. The molecular weight excluding hydrogens is 300 g/mol. The molecule has 5 nitrogen and oxygen atoms in total. The second-order valence-electron chi connectivity index (χ2n) is 4.96. The van der Waals surface area contributed by atoms with Gasteiger partial charge in [-0.25, -0.2) is 0 Å². The van der Waals surface area contributed by atoms with Crippen LogP contribution >= 0.6 is 0 Å². The molecule has 0 saturated carbocycles. The van der Waals surface area contributed by atoms with Gasteiger partial charge in [-0.2, -0.15) is 5.26 Å². The number of hydrogen-bond donors (Lipinski definition) is 0. The summed E-state index contributed by atoms with van der Waals surface area (Å²) >= 11 is 0. The Morgan fingerprint density at radius 2 is 1.75 bits per heavy atom. The van der Waals surface area contributed by atoms with E-state index in [4.69, 9.17) is 10.1 Å². The Morgan fingerprint density at radius 3 is 2.50 bits per heavy atom. The highest BCUT2D eigenvalue weighted by molar-refractivity contribution is 6.10. The zero-order valence-electron chi connectivity index (χ0n) is 12.8. The third-order valence-corrected chi connectivity index (χ3v) is 3.27. The van der Waals surface area contributed by atoms with Crippen LogP contribution in [0.3, 0.4) is 0 Å². The van der Waals surface area contributed by atoms with Crippen LogP contribution in [0.15, 0.2) is 78.2 Å². The summed E-state index contributed by atoms with van der Waals surface area (Å²) in [7, 11) is 0. The molecule has 0 atom stereocenters. The first kappa shape index (κ1) is 15.4. The second kappa shape index (κ2) is 7.65. The Morgan fingerprint density at radius 1 is 0.958 bits per heavy atom. The van der Waals surface area contributed by atoms with Crippen LogP contribution < -0.4 is 0 Å². The zero-order valence-corrected chi connectivity index (χ0v) is 12.8. The molecule has 3 rings (SSSR count). The van der Waals surface area contributed by atoms with Gasteiger partial charge in [0, 0.05) is 12.4 Å². The molecule has 0 aliphatic rings. The summed E-state index contributed by atoms with van der Waals surface area (Å²) in [6.45, 7) is 0.342. The van der Waals surface area contributed by atoms with E-state index in [1.54, 1.807) is 24.5 Å². The Balaban J connectivity index is 1.90. The van der Waals surface area contributed by atoms with Crippen molar-refractivity contribution in [3.63, 3.8) is 0 Å². The fourth-order valence-corrected chi connectivity index (χ4v) is 2.10. The predicted octanol–water partition coefficient (Wildman–Crippen LogP) is 3.32. The van der Waals surface area contributed by atoms with Crippen molar-refractivity contribution in [1.82, 2.24) is 9.97 Å². The number of pyridine rings is 2. The van der Waals surface area contributed by atoms with Crippen molar-refractivity contribution in [2.24, 2.45) is 5.16 Å². The molecule has 0 fully saturated rings. The molecule has 0 amide bonds. The molecule has 2 heterocycles. The van der Waals surface area contributed by atoms with Crippen molar-refractivity contribution < 1.29 is 4.84 Å². The van der Waals surface area contributed by atoms with E-state index >= 15 is 0 Å². The molecular formula is C19H14N4O. The van der Waals surface area contributed by atoms with E-state index in [1.165, 1.54) is 0 Å². The van der Waals surface area contributed by atoms with Crippen molar-refractivity contribution >= 4 is 5.71 Å². The van der Waals surface area contributed by atoms with Gasteiger partial charge in [0.15, 0.2) is 5.71 Å². The van der Waals surface area contributed by atoms with E-state index in [0.29, 0.717) is 29.3 Å². The number of benzene rings is 1. The van der Waals surface area contributed by atoms with Crippen LogP contribution in [-0.2, 0) is 11.4 Å². The van der Waals surface area contributed by atoms with E-state index in [2.05, 4.69) is 21.2 Å². The minimum Gasteiger partial charge on any atom is -0.390 e. The van der Waals surface area contributed by atoms with Gasteiger partial charge in [-0.05, 0) is 29.8 Å². The van der Waals surface area contributed by atoms with Crippen LogP contribution in [0.25, 0.3) is 0 Å². The molecule has 3 aromatic rings. The number of oxime groups is 1. The van der Waals surface area contributed by atoms with Gasteiger partial charge in [0.1, 0.15) is 6.61 Å². The fourth-order valence-electron chi connectivity index (χ4n) is 2.10. The Hall–Kier alpha value is -3.52.